The highest BCUT2D eigenvalue weighted by atomic mass is 32.1. The molecule has 1 amide bonds. The molecular weight excluding hydrogens is 310 g/mol. The van der Waals surface area contributed by atoms with E-state index in [1.165, 1.54) is 0 Å². The van der Waals surface area contributed by atoms with Crippen molar-refractivity contribution >= 4 is 17.2 Å². The van der Waals surface area contributed by atoms with Gasteiger partial charge in [0.25, 0.3) is 5.91 Å². The Balaban J connectivity index is 1.75. The summed E-state index contributed by atoms with van der Waals surface area (Å²) >= 11 is 1.57. The average Bonchev–Trinajstić information content (AvgIpc) is 3.25. The van der Waals surface area contributed by atoms with Crippen LogP contribution in [0.15, 0.2) is 48.0 Å². The number of methoxy groups -OCH3 is 1. The summed E-state index contributed by atoms with van der Waals surface area (Å²) in [5.74, 6) is 0.646. The van der Waals surface area contributed by atoms with E-state index in [-0.39, 0.29) is 11.9 Å². The standard InChI is InChI=1S/C17H17N3O2S/c1-11(12-5-7-13(22-2)8-6-12)19-17(21)14-10-18-20-16(14)15-4-3-9-23-15/h3-11H,1-2H3,(H,18,20)(H,19,21)/t11-/m1/s1. The van der Waals surface area contributed by atoms with Crippen molar-refractivity contribution in [2.75, 3.05) is 7.11 Å². The summed E-state index contributed by atoms with van der Waals surface area (Å²) in [5, 5.41) is 11.9. The number of aromatic nitrogens is 2. The lowest BCUT2D eigenvalue weighted by Gasteiger charge is -2.14. The van der Waals surface area contributed by atoms with E-state index in [0.717, 1.165) is 21.9 Å². The zero-order valence-corrected chi connectivity index (χ0v) is 13.7. The largest absolute Gasteiger partial charge is 0.497 e. The number of rotatable bonds is 5. The Hall–Kier alpha value is -2.60. The molecule has 0 spiro atoms. The Kier molecular flexibility index (Phi) is 4.43. The van der Waals surface area contributed by atoms with E-state index in [9.17, 15) is 4.79 Å². The van der Waals surface area contributed by atoms with Crippen LogP contribution in [-0.2, 0) is 0 Å². The van der Waals surface area contributed by atoms with Gasteiger partial charge in [-0.25, -0.2) is 0 Å². The summed E-state index contributed by atoms with van der Waals surface area (Å²) in [6, 6.07) is 11.4. The number of H-pyrrole nitrogens is 1. The van der Waals surface area contributed by atoms with Crippen molar-refractivity contribution in [2.24, 2.45) is 0 Å². The van der Waals surface area contributed by atoms with Crippen LogP contribution in [0.4, 0.5) is 0 Å². The minimum absolute atomic E-state index is 0.112. The zero-order chi connectivity index (χ0) is 16.2. The number of ether oxygens (including phenoxy) is 1. The third kappa shape index (κ3) is 3.27. The minimum Gasteiger partial charge on any atom is -0.497 e. The lowest BCUT2D eigenvalue weighted by molar-refractivity contribution is 0.0940. The van der Waals surface area contributed by atoms with Crippen molar-refractivity contribution in [1.29, 1.82) is 0 Å². The minimum atomic E-state index is -0.148. The number of thiophene rings is 1. The molecule has 0 fully saturated rings. The fraction of sp³-hybridized carbons (Fsp3) is 0.176. The number of hydrogen-bond donors (Lipinski definition) is 2. The highest BCUT2D eigenvalue weighted by Gasteiger charge is 2.18. The maximum Gasteiger partial charge on any atom is 0.255 e. The summed E-state index contributed by atoms with van der Waals surface area (Å²) < 4.78 is 5.15. The first-order valence-electron chi connectivity index (χ1n) is 7.21. The molecule has 118 valence electrons. The molecule has 3 rings (SSSR count). The van der Waals surface area contributed by atoms with E-state index in [2.05, 4.69) is 15.5 Å². The smallest absolute Gasteiger partial charge is 0.255 e. The monoisotopic (exact) mass is 327 g/mol. The van der Waals surface area contributed by atoms with Crippen LogP contribution >= 0.6 is 11.3 Å². The van der Waals surface area contributed by atoms with E-state index in [1.54, 1.807) is 24.6 Å². The lowest BCUT2D eigenvalue weighted by atomic mass is 10.1. The Labute approximate surface area is 138 Å². The molecule has 6 heteroatoms. The second-order valence-corrected chi connectivity index (χ2v) is 6.05. The molecule has 1 aromatic carbocycles. The number of carbonyl (C=O) groups excluding carboxylic acids is 1. The Morgan fingerprint density at radius 2 is 2.09 bits per heavy atom. The normalized spacial score (nSPS) is 11.9. The van der Waals surface area contributed by atoms with Gasteiger partial charge in [0.2, 0.25) is 0 Å². The van der Waals surface area contributed by atoms with Crippen molar-refractivity contribution in [3.05, 3.63) is 59.1 Å². The number of nitrogens with one attached hydrogen (secondary N) is 2. The van der Waals surface area contributed by atoms with Gasteiger partial charge >= 0.3 is 0 Å². The van der Waals surface area contributed by atoms with Crippen molar-refractivity contribution in [2.45, 2.75) is 13.0 Å². The average molecular weight is 327 g/mol. The summed E-state index contributed by atoms with van der Waals surface area (Å²) in [7, 11) is 1.63. The van der Waals surface area contributed by atoms with Gasteiger partial charge in [-0.15, -0.1) is 11.3 Å². The molecule has 0 aliphatic rings. The van der Waals surface area contributed by atoms with Crippen molar-refractivity contribution in [1.82, 2.24) is 15.5 Å². The second kappa shape index (κ2) is 6.66. The van der Waals surface area contributed by atoms with Crippen LogP contribution in [0.3, 0.4) is 0 Å². The first-order chi connectivity index (χ1) is 11.2. The molecule has 3 aromatic rings. The van der Waals surface area contributed by atoms with Crippen LogP contribution in [0, 0.1) is 0 Å². The van der Waals surface area contributed by atoms with Crippen LogP contribution in [0.25, 0.3) is 10.6 Å². The third-order valence-corrected chi connectivity index (χ3v) is 4.50. The van der Waals surface area contributed by atoms with Crippen molar-refractivity contribution in [3.63, 3.8) is 0 Å². The maximum absolute atomic E-state index is 12.5. The van der Waals surface area contributed by atoms with E-state index in [4.69, 9.17) is 4.74 Å². The fourth-order valence-corrected chi connectivity index (χ4v) is 3.05. The van der Waals surface area contributed by atoms with E-state index in [0.29, 0.717) is 5.56 Å². The Bertz CT molecular complexity index is 779. The van der Waals surface area contributed by atoms with Gasteiger partial charge in [-0.05, 0) is 36.1 Å². The van der Waals surface area contributed by atoms with Gasteiger partial charge in [0, 0.05) is 0 Å². The Morgan fingerprint density at radius 3 is 2.74 bits per heavy atom. The lowest BCUT2D eigenvalue weighted by Crippen LogP contribution is -2.26. The molecule has 0 saturated heterocycles. The molecule has 2 heterocycles. The zero-order valence-electron chi connectivity index (χ0n) is 12.9. The van der Waals surface area contributed by atoms with Crippen LogP contribution in [0.1, 0.15) is 28.9 Å². The number of amides is 1. The van der Waals surface area contributed by atoms with Gasteiger partial charge in [-0.2, -0.15) is 5.10 Å². The molecule has 0 unspecified atom stereocenters. The highest BCUT2D eigenvalue weighted by Crippen LogP contribution is 2.26. The van der Waals surface area contributed by atoms with Crippen LogP contribution in [-0.4, -0.2) is 23.2 Å². The SMILES string of the molecule is COc1ccc([C@@H](C)NC(=O)c2cn[nH]c2-c2cccs2)cc1. The molecular formula is C17H17N3O2S. The predicted octanol–water partition coefficient (Wildman–Crippen LogP) is 3.64. The number of benzene rings is 1. The number of aromatic amines is 1. The van der Waals surface area contributed by atoms with Gasteiger partial charge in [0.1, 0.15) is 5.75 Å². The summed E-state index contributed by atoms with van der Waals surface area (Å²) in [5.41, 5.74) is 2.31. The molecule has 2 N–H and O–H groups in total. The summed E-state index contributed by atoms with van der Waals surface area (Å²) in [6.07, 6.45) is 1.56. The third-order valence-electron chi connectivity index (χ3n) is 3.61. The maximum atomic E-state index is 12.5. The first-order valence-corrected chi connectivity index (χ1v) is 8.09. The molecule has 0 bridgehead atoms. The summed E-state index contributed by atoms with van der Waals surface area (Å²) in [4.78, 5) is 13.5. The van der Waals surface area contributed by atoms with E-state index < -0.39 is 0 Å². The predicted molar refractivity (Wildman–Crippen MR) is 90.8 cm³/mol. The van der Waals surface area contributed by atoms with Gasteiger partial charge in [0.05, 0.1) is 35.5 Å². The van der Waals surface area contributed by atoms with Crippen LogP contribution in [0.5, 0.6) is 5.75 Å². The molecule has 2 aromatic heterocycles. The number of hydrogen-bond acceptors (Lipinski definition) is 4. The first kappa shape index (κ1) is 15.3. The van der Waals surface area contributed by atoms with Gasteiger partial charge in [0.15, 0.2) is 0 Å². The van der Waals surface area contributed by atoms with Gasteiger partial charge in [-0.1, -0.05) is 18.2 Å². The van der Waals surface area contributed by atoms with Crippen LogP contribution < -0.4 is 10.1 Å². The van der Waals surface area contributed by atoms with Crippen molar-refractivity contribution in [3.8, 4) is 16.3 Å². The second-order valence-electron chi connectivity index (χ2n) is 5.10. The number of nitrogens with zero attached hydrogens (tertiary/aromatic N) is 1. The van der Waals surface area contributed by atoms with E-state index >= 15 is 0 Å². The topological polar surface area (TPSA) is 67.0 Å². The van der Waals surface area contributed by atoms with Gasteiger partial charge in [-0.3, -0.25) is 9.89 Å². The fourth-order valence-electron chi connectivity index (χ4n) is 2.32. The molecule has 0 radical (unpaired) electrons. The van der Waals surface area contributed by atoms with Crippen LogP contribution in [0.2, 0.25) is 0 Å². The quantitative estimate of drug-likeness (QED) is 0.752. The van der Waals surface area contributed by atoms with Crippen molar-refractivity contribution < 1.29 is 9.53 Å². The molecule has 23 heavy (non-hydrogen) atoms. The molecule has 1 atom stereocenters. The van der Waals surface area contributed by atoms with Gasteiger partial charge < -0.3 is 10.1 Å². The molecule has 0 saturated carbocycles. The molecule has 5 nitrogen and oxygen atoms in total. The molecule has 0 aliphatic heterocycles. The summed E-state index contributed by atoms with van der Waals surface area (Å²) in [6.45, 7) is 1.95. The molecule has 0 aliphatic carbocycles. The highest BCUT2D eigenvalue weighted by molar-refractivity contribution is 7.13. The Morgan fingerprint density at radius 1 is 1.30 bits per heavy atom. The van der Waals surface area contributed by atoms with E-state index in [1.807, 2.05) is 48.7 Å². The number of carbonyl (C=O) groups is 1.